The molecule has 0 aliphatic rings. The minimum absolute atomic E-state index is 0.491. The van der Waals surface area contributed by atoms with Crippen LogP contribution >= 0.6 is 23.8 Å². The second-order valence-corrected chi connectivity index (χ2v) is 5.97. The van der Waals surface area contributed by atoms with E-state index in [2.05, 4.69) is 34.6 Å². The van der Waals surface area contributed by atoms with E-state index < -0.39 is 0 Å². The van der Waals surface area contributed by atoms with Crippen LogP contribution in [0.5, 0.6) is 0 Å². The van der Waals surface area contributed by atoms with Gasteiger partial charge >= 0.3 is 0 Å². The number of halogens is 1. The van der Waals surface area contributed by atoms with Crippen LogP contribution in [0.15, 0.2) is 30.6 Å². The van der Waals surface area contributed by atoms with E-state index in [1.54, 1.807) is 11.0 Å². The number of benzene rings is 1. The summed E-state index contributed by atoms with van der Waals surface area (Å²) < 4.78 is 1.75. The Kier molecular flexibility index (Phi) is 5.52. The largest absolute Gasteiger partial charge is 0.362 e. The fraction of sp³-hybridized carbons (Fsp3) is 0.357. The fourth-order valence-corrected chi connectivity index (χ4v) is 1.95. The molecule has 0 saturated heterocycles. The summed E-state index contributed by atoms with van der Waals surface area (Å²) in [4.78, 5) is 4.18. The number of thiocarbonyl (C=S) groups is 1. The van der Waals surface area contributed by atoms with Crippen molar-refractivity contribution in [2.75, 3.05) is 11.9 Å². The Morgan fingerprint density at radius 2 is 2.05 bits per heavy atom. The first kappa shape index (κ1) is 15.7. The molecule has 7 heteroatoms. The second kappa shape index (κ2) is 7.38. The minimum atomic E-state index is 0.491. The Bertz CT molecular complexity index is 594. The van der Waals surface area contributed by atoms with Gasteiger partial charge < -0.3 is 5.32 Å². The Morgan fingerprint density at radius 1 is 1.33 bits per heavy atom. The topological polar surface area (TPSA) is 54.8 Å². The average Bonchev–Trinajstić information content (AvgIpc) is 2.86. The van der Waals surface area contributed by atoms with Crippen molar-refractivity contribution in [3.63, 3.8) is 0 Å². The van der Waals surface area contributed by atoms with E-state index in [4.69, 9.17) is 23.8 Å². The maximum absolute atomic E-state index is 5.86. The second-order valence-electron chi connectivity index (χ2n) is 5.12. The van der Waals surface area contributed by atoms with Crippen LogP contribution in [-0.4, -0.2) is 26.4 Å². The summed E-state index contributed by atoms with van der Waals surface area (Å²) >= 11 is 11.0. The average molecular weight is 324 g/mol. The van der Waals surface area contributed by atoms with E-state index in [0.717, 1.165) is 17.1 Å². The van der Waals surface area contributed by atoms with Crippen molar-refractivity contribution < 1.29 is 0 Å². The van der Waals surface area contributed by atoms with Crippen LogP contribution in [-0.2, 0) is 6.54 Å². The van der Waals surface area contributed by atoms with Crippen LogP contribution in [0.2, 0.25) is 5.02 Å². The van der Waals surface area contributed by atoms with Crippen LogP contribution in [0.1, 0.15) is 19.4 Å². The Labute approximate surface area is 134 Å². The van der Waals surface area contributed by atoms with Crippen molar-refractivity contribution in [2.24, 2.45) is 5.92 Å². The van der Waals surface area contributed by atoms with Crippen molar-refractivity contribution in [3.8, 4) is 0 Å². The monoisotopic (exact) mass is 323 g/mol. The molecule has 1 aromatic carbocycles. The Balaban J connectivity index is 1.89. The lowest BCUT2D eigenvalue weighted by atomic mass is 10.2. The molecule has 2 rings (SSSR count). The van der Waals surface area contributed by atoms with Crippen LogP contribution < -0.4 is 10.6 Å². The highest BCUT2D eigenvalue weighted by Crippen LogP contribution is 2.10. The molecular weight excluding hydrogens is 306 g/mol. The van der Waals surface area contributed by atoms with E-state index in [1.165, 1.54) is 0 Å². The van der Waals surface area contributed by atoms with Crippen molar-refractivity contribution in [2.45, 2.75) is 20.4 Å². The lowest BCUT2D eigenvalue weighted by Gasteiger charge is -2.09. The first-order valence-corrected chi connectivity index (χ1v) is 7.50. The van der Waals surface area contributed by atoms with Gasteiger partial charge in [0.15, 0.2) is 5.11 Å². The summed E-state index contributed by atoms with van der Waals surface area (Å²) in [7, 11) is 0. The van der Waals surface area contributed by atoms with E-state index in [-0.39, 0.29) is 0 Å². The molecule has 0 fully saturated rings. The summed E-state index contributed by atoms with van der Waals surface area (Å²) in [6.45, 7) is 5.69. The van der Waals surface area contributed by atoms with Gasteiger partial charge in [-0.1, -0.05) is 37.6 Å². The Hall–Kier alpha value is -1.66. The number of nitrogens with one attached hydrogen (secondary N) is 2. The van der Waals surface area contributed by atoms with Gasteiger partial charge in [0.2, 0.25) is 5.95 Å². The highest BCUT2D eigenvalue weighted by molar-refractivity contribution is 7.80. The molecule has 0 aliphatic heterocycles. The highest BCUT2D eigenvalue weighted by Gasteiger charge is 2.04. The normalized spacial score (nSPS) is 10.7. The molecule has 5 nitrogen and oxygen atoms in total. The van der Waals surface area contributed by atoms with Crippen molar-refractivity contribution in [1.82, 2.24) is 20.1 Å². The first-order chi connectivity index (χ1) is 10.0. The molecule has 0 atom stereocenters. The zero-order valence-corrected chi connectivity index (χ0v) is 13.6. The number of rotatable bonds is 5. The predicted octanol–water partition coefficient (Wildman–Crippen LogP) is 2.92. The van der Waals surface area contributed by atoms with Crippen LogP contribution in [0.25, 0.3) is 0 Å². The third-order valence-electron chi connectivity index (χ3n) is 2.69. The summed E-state index contributed by atoms with van der Waals surface area (Å²) in [5.74, 6) is 1.02. The van der Waals surface area contributed by atoms with E-state index in [9.17, 15) is 0 Å². The van der Waals surface area contributed by atoms with Gasteiger partial charge in [0.25, 0.3) is 0 Å². The van der Waals surface area contributed by atoms with Crippen molar-refractivity contribution in [3.05, 3.63) is 41.2 Å². The van der Waals surface area contributed by atoms with Gasteiger partial charge in [0, 0.05) is 11.6 Å². The minimum Gasteiger partial charge on any atom is -0.362 e. The molecule has 112 valence electrons. The molecule has 0 amide bonds. The maximum atomic E-state index is 5.86. The molecule has 2 N–H and O–H groups in total. The molecule has 0 spiro atoms. The lowest BCUT2D eigenvalue weighted by Crippen LogP contribution is -2.31. The lowest BCUT2D eigenvalue weighted by molar-refractivity contribution is 0.627. The molecule has 21 heavy (non-hydrogen) atoms. The molecule has 0 saturated carbocycles. The summed E-state index contributed by atoms with van der Waals surface area (Å²) in [5, 5.41) is 11.7. The molecule has 1 aromatic heterocycles. The predicted molar refractivity (Wildman–Crippen MR) is 89.6 cm³/mol. The quantitative estimate of drug-likeness (QED) is 0.829. The number of hydrogen-bond donors (Lipinski definition) is 2. The number of anilines is 1. The smallest absolute Gasteiger partial charge is 0.248 e. The molecule has 0 unspecified atom stereocenters. The van der Waals surface area contributed by atoms with Gasteiger partial charge in [-0.3, -0.25) is 5.32 Å². The molecule has 2 aromatic rings. The van der Waals surface area contributed by atoms with E-state index >= 15 is 0 Å². The van der Waals surface area contributed by atoms with Gasteiger partial charge in [-0.2, -0.15) is 0 Å². The fourth-order valence-electron chi connectivity index (χ4n) is 1.65. The van der Waals surface area contributed by atoms with Crippen LogP contribution in [0.3, 0.4) is 0 Å². The summed E-state index contributed by atoms with van der Waals surface area (Å²) in [5.41, 5.74) is 1.11. The number of hydrogen-bond acceptors (Lipinski definition) is 3. The van der Waals surface area contributed by atoms with Gasteiger partial charge in [0.1, 0.15) is 6.33 Å². The summed E-state index contributed by atoms with van der Waals surface area (Å²) in [6, 6.07) is 7.65. The maximum Gasteiger partial charge on any atom is 0.248 e. The van der Waals surface area contributed by atoms with Gasteiger partial charge in [0.05, 0.1) is 6.54 Å². The Morgan fingerprint density at radius 3 is 2.71 bits per heavy atom. The third kappa shape index (κ3) is 5.32. The summed E-state index contributed by atoms with van der Waals surface area (Å²) in [6.07, 6.45) is 1.67. The zero-order valence-electron chi connectivity index (χ0n) is 12.0. The van der Waals surface area contributed by atoms with E-state index in [1.807, 2.05) is 24.3 Å². The van der Waals surface area contributed by atoms with Crippen LogP contribution in [0, 0.1) is 5.92 Å². The first-order valence-electron chi connectivity index (χ1n) is 6.71. The van der Waals surface area contributed by atoms with Gasteiger partial charge in [-0.15, -0.1) is 5.10 Å². The number of nitrogens with zero attached hydrogens (tertiary/aromatic N) is 3. The van der Waals surface area contributed by atoms with Gasteiger partial charge in [-0.25, -0.2) is 9.67 Å². The van der Waals surface area contributed by atoms with Crippen molar-refractivity contribution >= 4 is 34.9 Å². The molecular formula is C14H18ClN5S. The van der Waals surface area contributed by atoms with Crippen molar-refractivity contribution in [1.29, 1.82) is 0 Å². The SMILES string of the molecule is CC(C)CNC(=S)Nc1ncn(Cc2ccc(Cl)cc2)n1. The molecule has 0 radical (unpaired) electrons. The molecule has 0 aliphatic carbocycles. The third-order valence-corrected chi connectivity index (χ3v) is 3.19. The molecule has 1 heterocycles. The highest BCUT2D eigenvalue weighted by atomic mass is 35.5. The molecule has 0 bridgehead atoms. The van der Waals surface area contributed by atoms with Gasteiger partial charge in [-0.05, 0) is 35.8 Å². The number of aromatic nitrogens is 3. The van der Waals surface area contributed by atoms with Crippen LogP contribution in [0.4, 0.5) is 5.95 Å². The van der Waals surface area contributed by atoms with E-state index in [0.29, 0.717) is 23.5 Å². The zero-order chi connectivity index (χ0) is 15.2. The standard InChI is InChI=1S/C14H18ClN5S/c1-10(2)7-16-14(21)18-13-17-9-20(19-13)8-11-3-5-12(15)6-4-11/h3-6,9-10H,7-8H2,1-2H3,(H2,16,18,19,21).